The highest BCUT2D eigenvalue weighted by Gasteiger charge is 2.44. The second-order valence-corrected chi connectivity index (χ2v) is 6.12. The molecule has 0 aromatic carbocycles. The minimum atomic E-state index is -2.85. The van der Waals surface area contributed by atoms with Crippen molar-refractivity contribution in [3.05, 3.63) is 0 Å². The van der Waals surface area contributed by atoms with Gasteiger partial charge in [-0.1, -0.05) is 0 Å². The molecular weight excluding hydrogens is 206 g/mol. The summed E-state index contributed by atoms with van der Waals surface area (Å²) in [6, 6.07) is -0.515. The van der Waals surface area contributed by atoms with E-state index in [1.54, 1.807) is 0 Å². The predicted octanol–water partition coefficient (Wildman–Crippen LogP) is -0.668. The number of hydrogen-bond donors (Lipinski definition) is 1. The average molecular weight is 219 g/mol. The van der Waals surface area contributed by atoms with E-state index in [0.717, 1.165) is 13.0 Å². The highest BCUT2D eigenvalue weighted by atomic mass is 32.2. The van der Waals surface area contributed by atoms with E-state index in [0.29, 0.717) is 6.42 Å². The van der Waals surface area contributed by atoms with Crippen molar-refractivity contribution in [1.29, 1.82) is 0 Å². The van der Waals surface area contributed by atoms with Crippen molar-refractivity contribution in [2.45, 2.75) is 24.9 Å². The highest BCUT2D eigenvalue weighted by Crippen LogP contribution is 2.26. The second-order valence-electron chi connectivity index (χ2n) is 3.96. The van der Waals surface area contributed by atoms with Crippen LogP contribution in [0.2, 0.25) is 0 Å². The van der Waals surface area contributed by atoms with Crippen LogP contribution in [-0.4, -0.2) is 54.5 Å². The van der Waals surface area contributed by atoms with Crippen LogP contribution < -0.4 is 0 Å². The zero-order chi connectivity index (χ0) is 10.3. The lowest BCUT2D eigenvalue weighted by Gasteiger charge is -2.36. The van der Waals surface area contributed by atoms with Gasteiger partial charge >= 0.3 is 5.97 Å². The standard InChI is InChI=1S/C8H13NO4S/c10-8(11)7-2-1-3-9(7)6-4-14(12,13)5-6/h6-7H,1-5H2,(H,10,11). The molecule has 2 aliphatic rings. The van der Waals surface area contributed by atoms with Gasteiger partial charge in [0.05, 0.1) is 11.5 Å². The van der Waals surface area contributed by atoms with E-state index in [4.69, 9.17) is 5.11 Å². The summed E-state index contributed by atoms with van der Waals surface area (Å²) in [7, 11) is -2.85. The van der Waals surface area contributed by atoms with Crippen LogP contribution in [0.3, 0.4) is 0 Å². The van der Waals surface area contributed by atoms with Crippen molar-refractivity contribution in [2.75, 3.05) is 18.1 Å². The molecule has 6 heteroatoms. The fourth-order valence-corrected chi connectivity index (χ4v) is 3.68. The largest absolute Gasteiger partial charge is 0.480 e. The Labute approximate surface area is 82.6 Å². The molecule has 0 aliphatic carbocycles. The Kier molecular flexibility index (Phi) is 2.27. The van der Waals surface area contributed by atoms with E-state index < -0.39 is 21.8 Å². The molecule has 2 heterocycles. The molecule has 0 spiro atoms. The topological polar surface area (TPSA) is 74.7 Å². The molecule has 0 radical (unpaired) electrons. The first-order chi connectivity index (χ1) is 6.49. The summed E-state index contributed by atoms with van der Waals surface area (Å²) in [6.07, 6.45) is 1.50. The van der Waals surface area contributed by atoms with Crippen molar-refractivity contribution in [3.63, 3.8) is 0 Å². The number of aliphatic carboxylic acids is 1. The Balaban J connectivity index is 2.02. The lowest BCUT2D eigenvalue weighted by molar-refractivity contribution is -0.142. The van der Waals surface area contributed by atoms with Crippen molar-refractivity contribution in [3.8, 4) is 0 Å². The van der Waals surface area contributed by atoms with Gasteiger partial charge in [0.1, 0.15) is 6.04 Å². The van der Waals surface area contributed by atoms with Crippen LogP contribution in [0.15, 0.2) is 0 Å². The van der Waals surface area contributed by atoms with Crippen molar-refractivity contribution in [1.82, 2.24) is 4.90 Å². The third-order valence-electron chi connectivity index (χ3n) is 2.94. The number of carboxylic acid groups (broad SMARTS) is 1. The smallest absolute Gasteiger partial charge is 0.320 e. The molecule has 2 fully saturated rings. The SMILES string of the molecule is O=C(O)C1CCCN1C1CS(=O)(=O)C1. The Morgan fingerprint density at radius 3 is 2.50 bits per heavy atom. The lowest BCUT2D eigenvalue weighted by Crippen LogP contribution is -2.56. The maximum absolute atomic E-state index is 11.0. The fourth-order valence-electron chi connectivity index (χ4n) is 2.22. The van der Waals surface area contributed by atoms with Gasteiger partial charge in [-0.2, -0.15) is 0 Å². The number of carbonyl (C=O) groups is 1. The third-order valence-corrected chi connectivity index (χ3v) is 4.73. The zero-order valence-electron chi connectivity index (χ0n) is 7.72. The fraction of sp³-hybridized carbons (Fsp3) is 0.875. The molecular formula is C8H13NO4S. The quantitative estimate of drug-likeness (QED) is 0.667. The maximum Gasteiger partial charge on any atom is 0.320 e. The van der Waals surface area contributed by atoms with Gasteiger partial charge in [-0.3, -0.25) is 9.69 Å². The first-order valence-corrected chi connectivity index (χ1v) is 6.51. The molecule has 1 N–H and O–H groups in total. The van der Waals surface area contributed by atoms with Crippen LogP contribution in [-0.2, 0) is 14.6 Å². The molecule has 1 atom stereocenters. The summed E-state index contributed by atoms with van der Waals surface area (Å²) >= 11 is 0. The Morgan fingerprint density at radius 1 is 1.36 bits per heavy atom. The van der Waals surface area contributed by atoms with Crippen molar-refractivity contribution < 1.29 is 18.3 Å². The molecule has 0 bridgehead atoms. The van der Waals surface area contributed by atoms with Gasteiger partial charge in [0, 0.05) is 6.04 Å². The van der Waals surface area contributed by atoms with E-state index in [1.165, 1.54) is 0 Å². The average Bonchev–Trinajstić information content (AvgIpc) is 2.46. The zero-order valence-corrected chi connectivity index (χ0v) is 8.53. The van der Waals surface area contributed by atoms with E-state index in [-0.39, 0.29) is 17.5 Å². The summed E-state index contributed by atoms with van der Waals surface area (Å²) in [4.78, 5) is 12.6. The monoisotopic (exact) mass is 219 g/mol. The summed E-state index contributed by atoms with van der Waals surface area (Å²) in [5, 5.41) is 8.89. The third kappa shape index (κ3) is 1.64. The second kappa shape index (κ2) is 3.20. The first kappa shape index (κ1) is 9.92. The first-order valence-electron chi connectivity index (χ1n) is 4.68. The minimum absolute atomic E-state index is 0.0522. The number of nitrogens with zero attached hydrogens (tertiary/aromatic N) is 1. The molecule has 5 nitrogen and oxygen atoms in total. The lowest BCUT2D eigenvalue weighted by atomic mass is 10.2. The Morgan fingerprint density at radius 2 is 2.00 bits per heavy atom. The molecule has 0 aromatic heterocycles. The molecule has 2 aliphatic heterocycles. The van der Waals surface area contributed by atoms with Gasteiger partial charge in [0.15, 0.2) is 9.84 Å². The Hall–Kier alpha value is -0.620. The number of sulfone groups is 1. The number of carboxylic acids is 1. The number of rotatable bonds is 2. The number of hydrogen-bond acceptors (Lipinski definition) is 4. The molecule has 80 valence electrons. The normalized spacial score (nSPS) is 32.7. The van der Waals surface area contributed by atoms with E-state index in [9.17, 15) is 13.2 Å². The summed E-state index contributed by atoms with van der Waals surface area (Å²) in [5.74, 6) is -0.556. The van der Waals surface area contributed by atoms with Gasteiger partial charge < -0.3 is 5.11 Å². The molecule has 0 saturated carbocycles. The molecule has 0 aromatic rings. The molecule has 2 rings (SSSR count). The van der Waals surface area contributed by atoms with Gasteiger partial charge in [0.25, 0.3) is 0 Å². The van der Waals surface area contributed by atoms with E-state index >= 15 is 0 Å². The molecule has 2 saturated heterocycles. The summed E-state index contributed by atoms with van der Waals surface area (Å²) in [5.41, 5.74) is 0. The van der Waals surface area contributed by atoms with Gasteiger partial charge in [-0.15, -0.1) is 0 Å². The maximum atomic E-state index is 11.0. The van der Waals surface area contributed by atoms with Gasteiger partial charge in [-0.25, -0.2) is 8.42 Å². The molecule has 1 unspecified atom stereocenters. The number of likely N-dealkylation sites (tertiary alicyclic amines) is 1. The predicted molar refractivity (Wildman–Crippen MR) is 49.8 cm³/mol. The van der Waals surface area contributed by atoms with Crippen LogP contribution in [0.5, 0.6) is 0 Å². The van der Waals surface area contributed by atoms with E-state index in [1.807, 2.05) is 4.90 Å². The van der Waals surface area contributed by atoms with Crippen LogP contribution in [0.1, 0.15) is 12.8 Å². The van der Waals surface area contributed by atoms with Crippen LogP contribution in [0.25, 0.3) is 0 Å². The van der Waals surface area contributed by atoms with Crippen LogP contribution in [0.4, 0.5) is 0 Å². The highest BCUT2D eigenvalue weighted by molar-refractivity contribution is 7.92. The summed E-state index contributed by atoms with van der Waals surface area (Å²) < 4.78 is 21.9. The molecule has 14 heavy (non-hydrogen) atoms. The minimum Gasteiger partial charge on any atom is -0.480 e. The molecule has 0 amide bonds. The summed E-state index contributed by atoms with van der Waals surface area (Å²) in [6.45, 7) is 0.719. The Bertz CT molecular complexity index is 338. The van der Waals surface area contributed by atoms with Crippen LogP contribution >= 0.6 is 0 Å². The van der Waals surface area contributed by atoms with Gasteiger partial charge in [0.2, 0.25) is 0 Å². The van der Waals surface area contributed by atoms with E-state index in [2.05, 4.69) is 0 Å². The van der Waals surface area contributed by atoms with Crippen molar-refractivity contribution >= 4 is 15.8 Å². The van der Waals surface area contributed by atoms with Crippen molar-refractivity contribution in [2.24, 2.45) is 0 Å². The van der Waals surface area contributed by atoms with Gasteiger partial charge in [-0.05, 0) is 19.4 Å². The van der Waals surface area contributed by atoms with Crippen LogP contribution in [0, 0.1) is 0 Å².